The predicted molar refractivity (Wildman–Crippen MR) is 153 cm³/mol. The fourth-order valence-electron chi connectivity index (χ4n) is 6.28. The van der Waals surface area contributed by atoms with E-state index in [0.29, 0.717) is 29.9 Å². The summed E-state index contributed by atoms with van der Waals surface area (Å²) >= 11 is 0. The van der Waals surface area contributed by atoms with Gasteiger partial charge in [-0.3, -0.25) is 14.4 Å². The maximum atomic E-state index is 14.2. The molecule has 10 heteroatoms. The van der Waals surface area contributed by atoms with E-state index in [1.807, 2.05) is 54.8 Å². The zero-order valence-electron chi connectivity index (χ0n) is 23.7. The average Bonchev–Trinajstić information content (AvgIpc) is 3.71. The number of benzene rings is 2. The highest BCUT2D eigenvalue weighted by Crippen LogP contribution is 2.38. The summed E-state index contributed by atoms with van der Waals surface area (Å²) in [5.41, 5.74) is 1.18. The van der Waals surface area contributed by atoms with Crippen LogP contribution >= 0.6 is 0 Å². The summed E-state index contributed by atoms with van der Waals surface area (Å²) in [5, 5.41) is 4.41. The first-order valence-electron chi connectivity index (χ1n) is 13.8. The van der Waals surface area contributed by atoms with Crippen molar-refractivity contribution in [3.05, 3.63) is 65.7 Å². The van der Waals surface area contributed by atoms with Gasteiger partial charge in [0.25, 0.3) is 11.8 Å². The van der Waals surface area contributed by atoms with Crippen LogP contribution in [0.15, 0.2) is 48.5 Å². The van der Waals surface area contributed by atoms with Crippen LogP contribution in [0.25, 0.3) is 21.8 Å². The maximum Gasteiger partial charge on any atom is 0.270 e. The number of likely N-dealkylation sites (tertiary alicyclic amines) is 2. The van der Waals surface area contributed by atoms with Crippen LogP contribution in [0.2, 0.25) is 0 Å². The normalized spacial score (nSPS) is 21.1. The molecular weight excluding hydrogens is 525 g/mol. The molecule has 214 valence electrons. The summed E-state index contributed by atoms with van der Waals surface area (Å²) in [7, 11) is 1.60. The minimum absolute atomic E-state index is 0.0837. The Hall–Kier alpha value is -4.34. The van der Waals surface area contributed by atoms with Gasteiger partial charge in [-0.2, -0.15) is 0 Å². The van der Waals surface area contributed by atoms with Crippen molar-refractivity contribution in [1.29, 1.82) is 0 Å². The molecule has 4 unspecified atom stereocenters. The van der Waals surface area contributed by atoms with Gasteiger partial charge in [-0.15, -0.1) is 0 Å². The topological polar surface area (TPSA) is 111 Å². The van der Waals surface area contributed by atoms with Gasteiger partial charge >= 0.3 is 0 Å². The van der Waals surface area contributed by atoms with Gasteiger partial charge in [0.1, 0.15) is 29.0 Å². The minimum atomic E-state index is -0.814. The van der Waals surface area contributed by atoms with Gasteiger partial charge in [-0.1, -0.05) is 39.8 Å². The summed E-state index contributed by atoms with van der Waals surface area (Å²) in [6.07, 6.45) is 0. The van der Waals surface area contributed by atoms with Gasteiger partial charge in [0, 0.05) is 41.4 Å². The van der Waals surface area contributed by atoms with Gasteiger partial charge in [0.05, 0.1) is 24.7 Å². The second-order valence-corrected chi connectivity index (χ2v) is 12.2. The summed E-state index contributed by atoms with van der Waals surface area (Å²) in [4.78, 5) is 50.5. The first kappa shape index (κ1) is 26.9. The van der Waals surface area contributed by atoms with Crippen LogP contribution in [0.4, 0.5) is 4.39 Å². The highest BCUT2D eigenvalue weighted by Gasteiger charge is 2.54. The standard InChI is InChI=1S/C31H34FN5O4/c1-16-24-15-37(25(16)14-36(24)29(39)23-11-17-9-10-19(41-5)13-21(17)33-23)30(40)27(31(2,3)4)35-28(38)22-12-18-7-6-8-20(32)26(18)34-22/h6-13,16,24-25,27,33-34H,14-15H2,1-5H3,(H,35,38). The summed E-state index contributed by atoms with van der Waals surface area (Å²) in [5.74, 6) is -0.411. The number of methoxy groups -OCH3 is 1. The van der Waals surface area contributed by atoms with Crippen LogP contribution in [-0.2, 0) is 4.79 Å². The Morgan fingerprint density at radius 2 is 1.68 bits per heavy atom. The number of nitrogens with one attached hydrogen (secondary N) is 3. The van der Waals surface area contributed by atoms with Crippen LogP contribution in [0.3, 0.4) is 0 Å². The number of rotatable bonds is 5. The smallest absolute Gasteiger partial charge is 0.270 e. The number of aromatic amines is 2. The lowest BCUT2D eigenvalue weighted by Gasteiger charge is -2.39. The van der Waals surface area contributed by atoms with Gasteiger partial charge in [0.15, 0.2) is 0 Å². The quantitative estimate of drug-likeness (QED) is 0.338. The van der Waals surface area contributed by atoms with Gasteiger partial charge in [-0.05, 0) is 35.7 Å². The first-order chi connectivity index (χ1) is 19.5. The molecule has 2 bridgehead atoms. The molecule has 41 heavy (non-hydrogen) atoms. The maximum absolute atomic E-state index is 14.2. The Morgan fingerprint density at radius 3 is 2.34 bits per heavy atom. The number of ether oxygens (including phenoxy) is 1. The molecule has 4 aromatic rings. The SMILES string of the molecule is COc1ccc2cc(C(=O)N3CC4C(C)C3CN4C(=O)C(NC(=O)c3cc4cccc(F)c4[nH]3)C(C)(C)C)[nH]c2c1. The zero-order chi connectivity index (χ0) is 29.2. The molecule has 0 saturated carbocycles. The fraction of sp³-hybridized carbons (Fsp3) is 0.387. The van der Waals surface area contributed by atoms with E-state index in [1.165, 1.54) is 6.07 Å². The number of carbonyl (C=O) groups excluding carboxylic acids is 3. The van der Waals surface area contributed by atoms with E-state index >= 15 is 0 Å². The molecule has 2 saturated heterocycles. The molecule has 3 amide bonds. The number of aromatic nitrogens is 2. The van der Waals surface area contributed by atoms with Crippen molar-refractivity contribution in [2.24, 2.45) is 11.3 Å². The van der Waals surface area contributed by atoms with E-state index in [9.17, 15) is 18.8 Å². The third kappa shape index (κ3) is 4.51. The van der Waals surface area contributed by atoms with Crippen LogP contribution in [0.5, 0.6) is 5.75 Å². The van der Waals surface area contributed by atoms with Crippen LogP contribution in [0, 0.1) is 17.2 Å². The monoisotopic (exact) mass is 559 g/mol. The molecule has 2 aliphatic heterocycles. The molecule has 0 aliphatic carbocycles. The molecule has 2 fully saturated rings. The fourth-order valence-corrected chi connectivity index (χ4v) is 6.28. The molecule has 6 rings (SSSR count). The Bertz CT molecular complexity index is 1680. The van der Waals surface area contributed by atoms with E-state index in [-0.39, 0.29) is 41.0 Å². The molecule has 3 N–H and O–H groups in total. The van der Waals surface area contributed by atoms with E-state index in [4.69, 9.17) is 4.74 Å². The molecule has 2 aliphatic rings. The number of hydrogen-bond donors (Lipinski definition) is 3. The second-order valence-electron chi connectivity index (χ2n) is 12.2. The second kappa shape index (κ2) is 9.64. The van der Waals surface area contributed by atoms with Crippen LogP contribution in [0.1, 0.15) is 48.7 Å². The van der Waals surface area contributed by atoms with E-state index in [1.54, 1.807) is 25.3 Å². The lowest BCUT2D eigenvalue weighted by atomic mass is 9.85. The number of hydrogen-bond acceptors (Lipinski definition) is 4. The van der Waals surface area contributed by atoms with Crippen molar-refractivity contribution < 1.29 is 23.5 Å². The lowest BCUT2D eigenvalue weighted by molar-refractivity contribution is -0.138. The van der Waals surface area contributed by atoms with Crippen LogP contribution in [-0.4, -0.2) is 75.8 Å². The van der Waals surface area contributed by atoms with E-state index in [0.717, 1.165) is 10.9 Å². The predicted octanol–water partition coefficient (Wildman–Crippen LogP) is 4.31. The third-order valence-corrected chi connectivity index (χ3v) is 8.62. The van der Waals surface area contributed by atoms with Crippen molar-refractivity contribution in [1.82, 2.24) is 25.1 Å². The molecule has 0 radical (unpaired) electrons. The Labute approximate surface area is 237 Å². The molecule has 2 aromatic carbocycles. The molecule has 9 nitrogen and oxygen atoms in total. The highest BCUT2D eigenvalue weighted by molar-refractivity contribution is 6.01. The van der Waals surface area contributed by atoms with Gasteiger partial charge in [-0.25, -0.2) is 4.39 Å². The minimum Gasteiger partial charge on any atom is -0.497 e. The van der Waals surface area contributed by atoms with Crippen LogP contribution < -0.4 is 10.1 Å². The summed E-state index contributed by atoms with van der Waals surface area (Å²) in [6, 6.07) is 12.6. The number of amides is 3. The number of nitrogens with zero attached hydrogens (tertiary/aromatic N) is 2. The van der Waals surface area contributed by atoms with Crippen molar-refractivity contribution in [3.63, 3.8) is 0 Å². The number of para-hydroxylation sites is 1. The lowest BCUT2D eigenvalue weighted by Crippen LogP contribution is -2.59. The Balaban J connectivity index is 1.19. The van der Waals surface area contributed by atoms with Gasteiger partial charge in [0.2, 0.25) is 5.91 Å². The van der Waals surface area contributed by atoms with E-state index in [2.05, 4.69) is 22.2 Å². The number of halogens is 1. The highest BCUT2D eigenvalue weighted by atomic mass is 19.1. The Morgan fingerprint density at radius 1 is 0.976 bits per heavy atom. The molecule has 2 aromatic heterocycles. The molecule has 0 spiro atoms. The molecule has 4 heterocycles. The number of piperazine rings is 1. The van der Waals surface area contributed by atoms with Crippen molar-refractivity contribution >= 4 is 39.5 Å². The largest absolute Gasteiger partial charge is 0.497 e. The zero-order valence-corrected chi connectivity index (χ0v) is 23.7. The van der Waals surface area contributed by atoms with E-state index < -0.39 is 23.2 Å². The molecular formula is C31H34FN5O4. The summed E-state index contributed by atoms with van der Waals surface area (Å²) in [6.45, 7) is 8.58. The third-order valence-electron chi connectivity index (χ3n) is 8.62. The van der Waals surface area contributed by atoms with Crippen molar-refractivity contribution in [2.75, 3.05) is 20.2 Å². The van der Waals surface area contributed by atoms with Gasteiger partial charge < -0.3 is 29.8 Å². The number of fused-ring (bicyclic) bond motifs is 4. The summed E-state index contributed by atoms with van der Waals surface area (Å²) < 4.78 is 19.5. The van der Waals surface area contributed by atoms with Crippen molar-refractivity contribution in [3.8, 4) is 5.75 Å². The first-order valence-corrected chi connectivity index (χ1v) is 13.8. The number of H-pyrrole nitrogens is 2. The number of carbonyl (C=O) groups is 3. The Kier molecular flexibility index (Phi) is 6.32. The molecule has 4 atom stereocenters. The average molecular weight is 560 g/mol. The van der Waals surface area contributed by atoms with Crippen molar-refractivity contribution in [2.45, 2.75) is 45.8 Å².